The molecule has 75 heavy (non-hydrogen) atoms. The van der Waals surface area contributed by atoms with Crippen molar-refractivity contribution in [1.82, 2.24) is 30.5 Å². The first-order valence-corrected chi connectivity index (χ1v) is 25.3. The number of aryl methyl sites for hydroxylation is 2. The molecule has 2 heterocycles. The van der Waals surface area contributed by atoms with Crippen molar-refractivity contribution in [3.8, 4) is 5.75 Å². The fraction of sp³-hybridized carbons (Fsp3) is 0.585. The van der Waals surface area contributed by atoms with Crippen molar-refractivity contribution in [2.45, 2.75) is 162 Å². The molecule has 2 aliphatic rings. The zero-order valence-corrected chi connectivity index (χ0v) is 44.4. The number of carbonyl (C=O) groups is 8. The van der Waals surface area contributed by atoms with E-state index in [1.807, 2.05) is 44.2 Å². The van der Waals surface area contributed by atoms with E-state index in [1.54, 1.807) is 20.0 Å². The van der Waals surface area contributed by atoms with Crippen molar-refractivity contribution in [2.75, 3.05) is 33.4 Å². The number of aromatic nitrogens is 3. The Kier molecular flexibility index (Phi) is 22.1. The molecule has 22 heteroatoms. The normalized spacial score (nSPS) is 19.4. The lowest BCUT2D eigenvalue weighted by atomic mass is 9.87. The molecule has 410 valence electrons. The number of hydrogen-bond donors (Lipinski definition) is 2. The lowest BCUT2D eigenvalue weighted by Crippen LogP contribution is -2.68. The third-order valence-corrected chi connectivity index (χ3v) is 12.5. The zero-order chi connectivity index (χ0) is 54.8. The van der Waals surface area contributed by atoms with Crippen LogP contribution in [0.3, 0.4) is 0 Å². The van der Waals surface area contributed by atoms with Crippen LogP contribution < -0.4 is 15.4 Å². The highest BCUT2D eigenvalue weighted by atomic mass is 16.7. The summed E-state index contributed by atoms with van der Waals surface area (Å²) < 4.78 is 48.0. The van der Waals surface area contributed by atoms with Gasteiger partial charge in [0, 0.05) is 64.9 Å². The molecule has 5 rings (SSSR count). The van der Waals surface area contributed by atoms with Crippen molar-refractivity contribution in [2.24, 2.45) is 5.92 Å². The average Bonchev–Trinajstić information content (AvgIpc) is 3.82. The van der Waals surface area contributed by atoms with Crippen molar-refractivity contribution in [1.29, 1.82) is 0 Å². The molecule has 0 bridgehead atoms. The molecule has 1 saturated heterocycles. The van der Waals surface area contributed by atoms with Crippen LogP contribution in [0.15, 0.2) is 48.7 Å². The van der Waals surface area contributed by atoms with Crippen molar-refractivity contribution in [3.63, 3.8) is 0 Å². The minimum absolute atomic E-state index is 0.0687. The summed E-state index contributed by atoms with van der Waals surface area (Å²) in [5.74, 6) is -7.19. The number of benzene rings is 2. The molecule has 2 unspecified atom stereocenters. The van der Waals surface area contributed by atoms with Crippen LogP contribution in [-0.2, 0) is 75.0 Å². The van der Waals surface area contributed by atoms with E-state index in [4.69, 9.17) is 37.9 Å². The number of nitrogens with zero attached hydrogens (tertiary/aromatic N) is 4. The molecule has 22 nitrogen and oxygen atoms in total. The molecule has 2 aromatic carbocycles. The Morgan fingerprint density at radius 3 is 2.19 bits per heavy atom. The Balaban J connectivity index is 1.49. The second-order valence-corrected chi connectivity index (χ2v) is 19.4. The lowest BCUT2D eigenvalue weighted by Gasteiger charge is -2.48. The van der Waals surface area contributed by atoms with Crippen molar-refractivity contribution >= 4 is 47.8 Å². The Morgan fingerprint density at radius 2 is 1.57 bits per heavy atom. The third kappa shape index (κ3) is 17.9. The molecule has 2 fully saturated rings. The highest BCUT2D eigenvalue weighted by Crippen LogP contribution is 2.38. The van der Waals surface area contributed by atoms with E-state index < -0.39 is 96.8 Å². The maximum absolute atomic E-state index is 14.2. The number of methoxy groups -OCH3 is 1. The van der Waals surface area contributed by atoms with Gasteiger partial charge in [-0.05, 0) is 67.9 Å². The van der Waals surface area contributed by atoms with Crippen molar-refractivity contribution in [3.05, 3.63) is 76.6 Å². The first-order valence-electron chi connectivity index (χ1n) is 25.3. The van der Waals surface area contributed by atoms with E-state index in [2.05, 4.69) is 20.9 Å². The second kappa shape index (κ2) is 28.1. The van der Waals surface area contributed by atoms with E-state index in [1.165, 1.54) is 28.6 Å². The number of amides is 3. The van der Waals surface area contributed by atoms with E-state index >= 15 is 0 Å². The predicted molar refractivity (Wildman–Crippen MR) is 266 cm³/mol. The number of carbonyl (C=O) groups excluding carboxylic acids is 8. The highest BCUT2D eigenvalue weighted by molar-refractivity contribution is 5.95. The maximum atomic E-state index is 14.2. The summed E-state index contributed by atoms with van der Waals surface area (Å²) >= 11 is 0. The molecule has 2 N–H and O–H groups in total. The van der Waals surface area contributed by atoms with Gasteiger partial charge in [0.1, 0.15) is 36.7 Å². The van der Waals surface area contributed by atoms with Gasteiger partial charge < -0.3 is 53.4 Å². The van der Waals surface area contributed by atoms with Gasteiger partial charge in [-0.3, -0.25) is 28.8 Å². The van der Waals surface area contributed by atoms with Crippen LogP contribution in [0.1, 0.15) is 132 Å². The van der Waals surface area contributed by atoms with Gasteiger partial charge in [0.05, 0.1) is 45.0 Å². The summed E-state index contributed by atoms with van der Waals surface area (Å²) in [5.41, 5.74) is 2.78. The minimum Gasteiger partial charge on any atom is -0.465 e. The highest BCUT2D eigenvalue weighted by Gasteiger charge is 2.58. The summed E-state index contributed by atoms with van der Waals surface area (Å²) in [6.07, 6.45) is -0.512. The monoisotopic (exact) mass is 1050 g/mol. The molecule has 0 radical (unpaired) electrons. The molecule has 1 aromatic heterocycles. The van der Waals surface area contributed by atoms with Gasteiger partial charge in [-0.2, -0.15) is 0 Å². The van der Waals surface area contributed by atoms with Crippen LogP contribution in [0, 0.1) is 19.8 Å². The number of hydrogen-bond acceptors (Lipinski definition) is 18. The fourth-order valence-electron chi connectivity index (χ4n) is 9.23. The number of ether oxygens (including phenoxy) is 8. The number of rotatable bonds is 24. The molecular weight excluding hydrogens is 977 g/mol. The van der Waals surface area contributed by atoms with Gasteiger partial charge in [0.2, 0.25) is 5.91 Å². The zero-order valence-electron chi connectivity index (χ0n) is 44.4. The first-order chi connectivity index (χ1) is 35.7. The minimum atomic E-state index is -2.42. The maximum Gasteiger partial charge on any atom is 0.410 e. The first kappa shape index (κ1) is 58.9. The smallest absolute Gasteiger partial charge is 0.410 e. The van der Waals surface area contributed by atoms with Gasteiger partial charge in [-0.25, -0.2) is 14.3 Å². The molecule has 1 saturated carbocycles. The van der Waals surface area contributed by atoms with Crippen LogP contribution in [0.4, 0.5) is 4.79 Å². The molecule has 0 spiro atoms. The van der Waals surface area contributed by atoms with E-state index in [9.17, 15) is 38.4 Å². The molecule has 3 amide bonds. The Hall–Kier alpha value is -6.94. The lowest BCUT2D eigenvalue weighted by molar-refractivity contribution is -0.310. The largest absolute Gasteiger partial charge is 0.465 e. The Morgan fingerprint density at radius 1 is 0.893 bits per heavy atom. The van der Waals surface area contributed by atoms with Gasteiger partial charge in [0.25, 0.3) is 11.7 Å². The second-order valence-electron chi connectivity index (χ2n) is 19.4. The quantitative estimate of drug-likeness (QED) is 0.0497. The molecule has 3 aromatic rings. The van der Waals surface area contributed by atoms with Crippen LogP contribution >= 0.6 is 0 Å². The average molecular weight is 1050 g/mol. The van der Waals surface area contributed by atoms with Gasteiger partial charge >= 0.3 is 35.9 Å². The fourth-order valence-corrected chi connectivity index (χ4v) is 9.23. The molecule has 1 aliphatic carbocycles. The third-order valence-electron chi connectivity index (χ3n) is 12.5. The van der Waals surface area contributed by atoms with Crippen molar-refractivity contribution < 1.29 is 76.3 Å². The molecule has 6 atom stereocenters. The van der Waals surface area contributed by atoms with Crippen LogP contribution in [0.2, 0.25) is 0 Å². The summed E-state index contributed by atoms with van der Waals surface area (Å²) in [5, 5.41) is 14.1. The SMILES string of the molecule is COC(=O)[C@@]1(OCCCN(Cc2ccccc2)C(=O)OCC(C)C)CC(OC(C)=O)[C@@H](NC(=O)Cn2cc(C3CCCCC3)nn2)C([C@@H](C[C@@H](CNC(=O)c2cc(C)c(OC(C)=O)c(C)c2)OC(C)=O)OC(C)=O)O1. The topological polar surface area (TPSA) is 268 Å². The summed E-state index contributed by atoms with van der Waals surface area (Å²) in [6, 6.07) is 10.9. The van der Waals surface area contributed by atoms with Crippen LogP contribution in [0.25, 0.3) is 0 Å². The summed E-state index contributed by atoms with van der Waals surface area (Å²) in [7, 11) is 1.09. The van der Waals surface area contributed by atoms with Gasteiger partial charge in [-0.1, -0.05) is 68.7 Å². The summed E-state index contributed by atoms with van der Waals surface area (Å²) in [6.45, 7) is 11.3. The number of esters is 5. The number of nitrogens with one attached hydrogen (secondary N) is 2. The summed E-state index contributed by atoms with van der Waals surface area (Å²) in [4.78, 5) is 107. The molecule has 1 aliphatic heterocycles. The predicted octanol–water partition coefficient (Wildman–Crippen LogP) is 5.33. The van der Waals surface area contributed by atoms with Crippen LogP contribution in [0.5, 0.6) is 5.75 Å². The van der Waals surface area contributed by atoms with Crippen LogP contribution in [-0.4, -0.2) is 137 Å². The molecular formula is C53H72N6O16. The standard InChI is InChI=1S/C53H72N6O16/c1-32(2)31-69-52(67)58(28-39-17-12-10-13-18-39)21-16-22-70-53(51(66)68-9)26-45(73-37(7)62)47(55-46(64)30-59-29-43(56-57-59)40-19-14-11-15-20-40)49(75-53)44(72-36(6)61)25-42(71-35(5)60)27-54-50(65)41-23-33(3)48(34(4)24-41)74-38(8)63/h10,12-13,17-18,23-24,29,32,40,42,44-45,47,49H,11,14-16,19-22,25-28,30-31H2,1-9H3,(H,54,65)(H,55,64)/t42-,44+,45?,47+,49?,53+/m0/s1. The van der Waals surface area contributed by atoms with E-state index in [-0.39, 0.29) is 63.2 Å². The Labute approximate surface area is 437 Å². The van der Waals surface area contributed by atoms with Gasteiger partial charge in [-0.15, -0.1) is 5.10 Å². The van der Waals surface area contributed by atoms with Gasteiger partial charge in [0.15, 0.2) is 0 Å². The van der Waals surface area contributed by atoms with E-state index in [0.717, 1.165) is 71.2 Å². The Bertz CT molecular complexity index is 2440. The van der Waals surface area contributed by atoms with E-state index in [0.29, 0.717) is 16.9 Å².